The van der Waals surface area contributed by atoms with Gasteiger partial charge in [0, 0.05) is 10.6 Å². The minimum atomic E-state index is 0.507. The lowest BCUT2D eigenvalue weighted by atomic mass is 10.2. The third-order valence-electron chi connectivity index (χ3n) is 2.66. The molecule has 0 saturated heterocycles. The van der Waals surface area contributed by atoms with E-state index in [1.165, 1.54) is 5.56 Å². The monoisotopic (exact) mass is 246 g/mol. The lowest BCUT2D eigenvalue weighted by molar-refractivity contribution is 0.306. The van der Waals surface area contributed by atoms with Crippen molar-refractivity contribution in [1.29, 1.82) is 0 Å². The molecule has 2 rings (SSSR count). The van der Waals surface area contributed by atoms with E-state index in [-0.39, 0.29) is 0 Å². The smallest absolute Gasteiger partial charge is 0.120 e. The van der Waals surface area contributed by atoms with Gasteiger partial charge in [0.05, 0.1) is 0 Å². The standard InChI is InChI=1S/C15H15ClO/c1-2-12-6-5-8-14(10-12)17-11-13-7-3-4-9-15(13)16/h3-10H,2,11H2,1H3. The van der Waals surface area contributed by atoms with Gasteiger partial charge in [0.25, 0.3) is 0 Å². The highest BCUT2D eigenvalue weighted by molar-refractivity contribution is 6.31. The summed E-state index contributed by atoms with van der Waals surface area (Å²) in [5.41, 5.74) is 2.29. The summed E-state index contributed by atoms with van der Waals surface area (Å²) in [6.45, 7) is 2.64. The van der Waals surface area contributed by atoms with Crippen molar-refractivity contribution in [2.24, 2.45) is 0 Å². The van der Waals surface area contributed by atoms with Crippen LogP contribution in [-0.2, 0) is 13.0 Å². The summed E-state index contributed by atoms with van der Waals surface area (Å²) in [6.07, 6.45) is 1.02. The number of ether oxygens (including phenoxy) is 1. The molecule has 0 bridgehead atoms. The number of hydrogen-bond donors (Lipinski definition) is 0. The predicted molar refractivity (Wildman–Crippen MR) is 71.6 cm³/mol. The molecule has 0 atom stereocenters. The fourth-order valence-electron chi connectivity index (χ4n) is 1.63. The molecule has 0 aromatic heterocycles. The summed E-state index contributed by atoms with van der Waals surface area (Å²) in [6, 6.07) is 15.9. The van der Waals surface area contributed by atoms with Crippen LogP contribution in [0.1, 0.15) is 18.1 Å². The van der Waals surface area contributed by atoms with Crippen LogP contribution >= 0.6 is 11.6 Å². The molecule has 2 heteroatoms. The quantitative estimate of drug-likeness (QED) is 0.773. The Morgan fingerprint density at radius 2 is 1.88 bits per heavy atom. The van der Waals surface area contributed by atoms with E-state index in [0.717, 1.165) is 22.8 Å². The molecule has 2 aromatic carbocycles. The van der Waals surface area contributed by atoms with Gasteiger partial charge in [0.2, 0.25) is 0 Å². The molecule has 0 fully saturated rings. The first kappa shape index (κ1) is 12.0. The van der Waals surface area contributed by atoms with Crippen LogP contribution in [0.2, 0.25) is 5.02 Å². The normalized spacial score (nSPS) is 10.2. The second kappa shape index (κ2) is 5.74. The highest BCUT2D eigenvalue weighted by atomic mass is 35.5. The summed E-state index contributed by atoms with van der Waals surface area (Å²) in [5.74, 6) is 0.893. The number of rotatable bonds is 4. The van der Waals surface area contributed by atoms with Crippen LogP contribution in [-0.4, -0.2) is 0 Å². The Morgan fingerprint density at radius 3 is 2.65 bits per heavy atom. The third-order valence-corrected chi connectivity index (χ3v) is 3.03. The van der Waals surface area contributed by atoms with E-state index in [2.05, 4.69) is 19.1 Å². The summed E-state index contributed by atoms with van der Waals surface area (Å²) >= 11 is 6.07. The first-order chi connectivity index (χ1) is 8.29. The molecule has 2 aromatic rings. The van der Waals surface area contributed by atoms with Gasteiger partial charge in [-0.1, -0.05) is 48.9 Å². The van der Waals surface area contributed by atoms with Crippen molar-refractivity contribution in [2.75, 3.05) is 0 Å². The Hall–Kier alpha value is -1.47. The number of hydrogen-bond acceptors (Lipinski definition) is 1. The first-order valence-electron chi connectivity index (χ1n) is 5.74. The summed E-state index contributed by atoms with van der Waals surface area (Å²) in [4.78, 5) is 0. The first-order valence-corrected chi connectivity index (χ1v) is 6.12. The molecule has 0 spiro atoms. The number of aryl methyl sites for hydroxylation is 1. The number of benzene rings is 2. The Kier molecular flexibility index (Phi) is 4.05. The SMILES string of the molecule is CCc1cccc(OCc2ccccc2Cl)c1. The molecule has 0 amide bonds. The maximum absolute atomic E-state index is 6.07. The zero-order chi connectivity index (χ0) is 12.1. The molecule has 0 radical (unpaired) electrons. The second-order valence-corrected chi connectivity index (χ2v) is 4.29. The van der Waals surface area contributed by atoms with Crippen molar-refractivity contribution >= 4 is 11.6 Å². The van der Waals surface area contributed by atoms with Crippen molar-refractivity contribution in [2.45, 2.75) is 20.0 Å². The predicted octanol–water partition coefficient (Wildman–Crippen LogP) is 4.48. The molecule has 17 heavy (non-hydrogen) atoms. The second-order valence-electron chi connectivity index (χ2n) is 3.88. The molecule has 0 unspecified atom stereocenters. The third kappa shape index (κ3) is 3.24. The van der Waals surface area contributed by atoms with Gasteiger partial charge in [-0.25, -0.2) is 0 Å². The topological polar surface area (TPSA) is 9.23 Å². The molecular weight excluding hydrogens is 232 g/mol. The van der Waals surface area contributed by atoms with E-state index in [9.17, 15) is 0 Å². The van der Waals surface area contributed by atoms with Gasteiger partial charge in [0.1, 0.15) is 12.4 Å². The van der Waals surface area contributed by atoms with Crippen LogP contribution in [0.4, 0.5) is 0 Å². The van der Waals surface area contributed by atoms with Crippen LogP contribution < -0.4 is 4.74 Å². The van der Waals surface area contributed by atoms with E-state index in [1.807, 2.05) is 36.4 Å². The van der Waals surface area contributed by atoms with E-state index in [4.69, 9.17) is 16.3 Å². The minimum absolute atomic E-state index is 0.507. The van der Waals surface area contributed by atoms with Gasteiger partial charge in [-0.3, -0.25) is 0 Å². The highest BCUT2D eigenvalue weighted by Gasteiger charge is 2.00. The average Bonchev–Trinajstić information content (AvgIpc) is 2.38. The molecule has 1 nitrogen and oxygen atoms in total. The van der Waals surface area contributed by atoms with Crippen LogP contribution in [0.25, 0.3) is 0 Å². The van der Waals surface area contributed by atoms with Crippen molar-refractivity contribution in [3.05, 3.63) is 64.7 Å². The summed E-state index contributed by atoms with van der Waals surface area (Å²) < 4.78 is 5.73. The Bertz CT molecular complexity index is 494. The van der Waals surface area contributed by atoms with Gasteiger partial charge in [-0.15, -0.1) is 0 Å². The maximum atomic E-state index is 6.07. The molecule has 0 saturated carbocycles. The van der Waals surface area contributed by atoms with Gasteiger partial charge in [-0.2, -0.15) is 0 Å². The fraction of sp³-hybridized carbons (Fsp3) is 0.200. The van der Waals surface area contributed by atoms with E-state index in [0.29, 0.717) is 6.61 Å². The van der Waals surface area contributed by atoms with Crippen molar-refractivity contribution in [3.8, 4) is 5.75 Å². The Labute approximate surface area is 107 Å². The van der Waals surface area contributed by atoms with Gasteiger partial charge >= 0.3 is 0 Å². The highest BCUT2D eigenvalue weighted by Crippen LogP contribution is 2.19. The molecule has 0 N–H and O–H groups in total. The van der Waals surface area contributed by atoms with Gasteiger partial charge < -0.3 is 4.74 Å². The summed E-state index contributed by atoms with van der Waals surface area (Å²) in [5, 5.41) is 0.749. The molecule has 0 heterocycles. The summed E-state index contributed by atoms with van der Waals surface area (Å²) in [7, 11) is 0. The van der Waals surface area contributed by atoms with Gasteiger partial charge in [-0.05, 0) is 30.2 Å². The molecule has 0 aliphatic carbocycles. The average molecular weight is 247 g/mol. The van der Waals surface area contributed by atoms with E-state index in [1.54, 1.807) is 0 Å². The van der Waals surface area contributed by atoms with Gasteiger partial charge in [0.15, 0.2) is 0 Å². The fourth-order valence-corrected chi connectivity index (χ4v) is 1.82. The van der Waals surface area contributed by atoms with E-state index >= 15 is 0 Å². The maximum Gasteiger partial charge on any atom is 0.120 e. The zero-order valence-corrected chi connectivity index (χ0v) is 10.6. The molecular formula is C15H15ClO. The van der Waals surface area contributed by atoms with Crippen LogP contribution in [0, 0.1) is 0 Å². The number of halogens is 1. The van der Waals surface area contributed by atoms with Crippen LogP contribution in [0.5, 0.6) is 5.75 Å². The molecule has 0 aliphatic rings. The van der Waals surface area contributed by atoms with E-state index < -0.39 is 0 Å². The van der Waals surface area contributed by atoms with Crippen LogP contribution in [0.3, 0.4) is 0 Å². The largest absolute Gasteiger partial charge is 0.489 e. The molecule has 0 aliphatic heterocycles. The lowest BCUT2D eigenvalue weighted by Gasteiger charge is -2.08. The van der Waals surface area contributed by atoms with Crippen molar-refractivity contribution < 1.29 is 4.74 Å². The minimum Gasteiger partial charge on any atom is -0.489 e. The van der Waals surface area contributed by atoms with Crippen molar-refractivity contribution in [1.82, 2.24) is 0 Å². The Balaban J connectivity index is 2.05. The zero-order valence-electron chi connectivity index (χ0n) is 9.82. The van der Waals surface area contributed by atoms with Crippen molar-refractivity contribution in [3.63, 3.8) is 0 Å². The van der Waals surface area contributed by atoms with Crippen LogP contribution in [0.15, 0.2) is 48.5 Å². The Morgan fingerprint density at radius 1 is 1.06 bits per heavy atom. The molecule has 88 valence electrons. The lowest BCUT2D eigenvalue weighted by Crippen LogP contribution is -1.96.